The number of carbonyl (C=O) groups is 2. The van der Waals surface area contributed by atoms with E-state index in [1.165, 1.54) is 30.7 Å². The van der Waals surface area contributed by atoms with E-state index in [0.29, 0.717) is 35.2 Å². The van der Waals surface area contributed by atoms with Gasteiger partial charge >= 0.3 is 0 Å². The number of pyridine rings is 1. The smallest absolute Gasteiger partial charge is 0.262 e. The van der Waals surface area contributed by atoms with Crippen LogP contribution in [0.4, 0.5) is 11.4 Å². The maximum Gasteiger partial charge on any atom is 0.262 e. The summed E-state index contributed by atoms with van der Waals surface area (Å²) in [5.74, 6) is -1.02. The summed E-state index contributed by atoms with van der Waals surface area (Å²) in [6, 6.07) is 13.3. The highest BCUT2D eigenvalue weighted by atomic mass is 35.5. The van der Waals surface area contributed by atoms with Crippen molar-refractivity contribution in [1.29, 1.82) is 0 Å². The molecule has 0 aliphatic rings. The zero-order chi connectivity index (χ0) is 23.4. The molecule has 2 aromatic heterocycles. The number of aromatic nitrogens is 3. The van der Waals surface area contributed by atoms with Crippen LogP contribution in [0.15, 0.2) is 65.8 Å². The third-order valence-electron chi connectivity index (χ3n) is 4.97. The SMILES string of the molecule is Nc1ccccc1CCNC(=O)c1ccc(Cl)c(NC(=O)c2cc3cncnc3[nH]c2=O)c1. The van der Waals surface area contributed by atoms with Gasteiger partial charge in [-0.05, 0) is 42.3 Å². The second-order valence-corrected chi connectivity index (χ2v) is 7.60. The number of hydrogen-bond donors (Lipinski definition) is 4. The van der Waals surface area contributed by atoms with Crippen molar-refractivity contribution in [2.45, 2.75) is 6.42 Å². The molecule has 0 saturated heterocycles. The Morgan fingerprint density at radius 2 is 1.91 bits per heavy atom. The Balaban J connectivity index is 1.47. The summed E-state index contributed by atoms with van der Waals surface area (Å²) < 4.78 is 0. The van der Waals surface area contributed by atoms with Crippen molar-refractivity contribution in [2.75, 3.05) is 17.6 Å². The van der Waals surface area contributed by atoms with Gasteiger partial charge in [-0.15, -0.1) is 0 Å². The van der Waals surface area contributed by atoms with Gasteiger partial charge in [0.1, 0.15) is 17.5 Å². The number of nitrogens with two attached hydrogens (primary N) is 1. The molecule has 2 aromatic carbocycles. The molecule has 9 nitrogen and oxygen atoms in total. The summed E-state index contributed by atoms with van der Waals surface area (Å²) in [5, 5.41) is 6.13. The number of aromatic amines is 1. The molecule has 0 bridgehead atoms. The van der Waals surface area contributed by atoms with E-state index in [-0.39, 0.29) is 22.2 Å². The van der Waals surface area contributed by atoms with Crippen LogP contribution in [0.5, 0.6) is 0 Å². The third-order valence-corrected chi connectivity index (χ3v) is 5.30. The van der Waals surface area contributed by atoms with Gasteiger partial charge in [0.2, 0.25) is 0 Å². The molecule has 0 unspecified atom stereocenters. The Morgan fingerprint density at radius 3 is 2.73 bits per heavy atom. The predicted octanol–water partition coefficient (Wildman–Crippen LogP) is 2.78. The zero-order valence-electron chi connectivity index (χ0n) is 17.3. The quantitative estimate of drug-likeness (QED) is 0.324. The number of hydrogen-bond acceptors (Lipinski definition) is 6. The molecule has 0 spiro atoms. The first-order valence-electron chi connectivity index (χ1n) is 9.98. The number of nitrogens with zero attached hydrogens (tertiary/aromatic N) is 2. The van der Waals surface area contributed by atoms with E-state index in [9.17, 15) is 14.4 Å². The normalized spacial score (nSPS) is 10.7. The topological polar surface area (TPSA) is 143 Å². The average Bonchev–Trinajstić information content (AvgIpc) is 2.81. The zero-order valence-corrected chi connectivity index (χ0v) is 18.0. The number of halogens is 1. The number of H-pyrrole nitrogens is 1. The minimum Gasteiger partial charge on any atom is -0.399 e. The summed E-state index contributed by atoms with van der Waals surface area (Å²) in [7, 11) is 0. The lowest BCUT2D eigenvalue weighted by atomic mass is 10.1. The number of fused-ring (bicyclic) bond motifs is 1. The number of nitrogen functional groups attached to an aromatic ring is 1. The van der Waals surface area contributed by atoms with Crippen LogP contribution >= 0.6 is 11.6 Å². The molecule has 0 atom stereocenters. The number of anilines is 2. The fourth-order valence-electron chi connectivity index (χ4n) is 3.24. The summed E-state index contributed by atoms with van der Waals surface area (Å²) in [4.78, 5) is 48.0. The van der Waals surface area contributed by atoms with Crippen LogP contribution in [0.3, 0.4) is 0 Å². The van der Waals surface area contributed by atoms with E-state index in [1.54, 1.807) is 12.1 Å². The Hall–Kier alpha value is -4.24. The first kappa shape index (κ1) is 22.0. The maximum absolute atomic E-state index is 12.7. The lowest BCUT2D eigenvalue weighted by molar-refractivity contribution is 0.0952. The number of nitrogens with one attached hydrogen (secondary N) is 3. The van der Waals surface area contributed by atoms with Gasteiger partial charge in [-0.2, -0.15) is 0 Å². The van der Waals surface area contributed by atoms with Crippen LogP contribution in [0.1, 0.15) is 26.3 Å². The van der Waals surface area contributed by atoms with Crippen LogP contribution in [-0.2, 0) is 6.42 Å². The standard InChI is InChI=1S/C23H19ClN6O3/c24-17-6-5-14(21(31)27-8-7-13-3-1-2-4-18(13)25)10-19(17)29-22(32)16-9-15-11-26-12-28-20(15)30-23(16)33/h1-6,9-12H,7-8,25H2,(H,27,31)(H,29,32)(H,26,28,30,33). The van der Waals surface area contributed by atoms with Crippen molar-refractivity contribution >= 4 is 45.8 Å². The van der Waals surface area contributed by atoms with E-state index in [2.05, 4.69) is 25.6 Å². The molecular formula is C23H19ClN6O3. The number of benzene rings is 2. The molecule has 0 saturated carbocycles. The van der Waals surface area contributed by atoms with Gasteiger partial charge < -0.3 is 21.4 Å². The Kier molecular flexibility index (Phi) is 6.32. The molecule has 2 heterocycles. The fraction of sp³-hybridized carbons (Fsp3) is 0.0870. The number of rotatable bonds is 6. The lowest BCUT2D eigenvalue weighted by Gasteiger charge is -2.11. The Labute approximate surface area is 193 Å². The monoisotopic (exact) mass is 462 g/mol. The number of carbonyl (C=O) groups excluding carboxylic acids is 2. The first-order valence-corrected chi connectivity index (χ1v) is 10.4. The van der Waals surface area contributed by atoms with Crippen LogP contribution in [-0.4, -0.2) is 33.3 Å². The van der Waals surface area contributed by atoms with Gasteiger partial charge in [-0.25, -0.2) is 9.97 Å². The molecule has 0 fully saturated rings. The third kappa shape index (κ3) is 4.99. The Morgan fingerprint density at radius 1 is 1.09 bits per heavy atom. The molecule has 4 rings (SSSR count). The summed E-state index contributed by atoms with van der Waals surface area (Å²) in [6.07, 6.45) is 3.35. The lowest BCUT2D eigenvalue weighted by Crippen LogP contribution is -2.26. The highest BCUT2D eigenvalue weighted by Crippen LogP contribution is 2.24. The molecule has 2 amide bonds. The number of para-hydroxylation sites is 1. The van der Waals surface area contributed by atoms with Crippen LogP contribution < -0.4 is 21.9 Å². The second-order valence-electron chi connectivity index (χ2n) is 7.19. The van der Waals surface area contributed by atoms with Crippen molar-refractivity contribution in [3.8, 4) is 0 Å². The van der Waals surface area contributed by atoms with E-state index >= 15 is 0 Å². The van der Waals surface area contributed by atoms with Gasteiger partial charge in [0.25, 0.3) is 17.4 Å². The van der Waals surface area contributed by atoms with Crippen molar-refractivity contribution in [3.05, 3.63) is 93.1 Å². The second kappa shape index (κ2) is 9.49. The van der Waals surface area contributed by atoms with E-state index in [4.69, 9.17) is 17.3 Å². The van der Waals surface area contributed by atoms with Crippen LogP contribution in [0.25, 0.3) is 11.0 Å². The minimum absolute atomic E-state index is 0.135. The molecule has 166 valence electrons. The number of amides is 2. The summed E-state index contributed by atoms with van der Waals surface area (Å²) in [6.45, 7) is 0.381. The fourth-order valence-corrected chi connectivity index (χ4v) is 3.41. The molecule has 4 aromatic rings. The first-order chi connectivity index (χ1) is 15.9. The molecular weight excluding hydrogens is 444 g/mol. The van der Waals surface area contributed by atoms with E-state index in [0.717, 1.165) is 5.56 Å². The molecule has 33 heavy (non-hydrogen) atoms. The molecule has 0 radical (unpaired) electrons. The van der Waals surface area contributed by atoms with Crippen LogP contribution in [0.2, 0.25) is 5.02 Å². The van der Waals surface area contributed by atoms with Crippen LogP contribution in [0, 0.1) is 0 Å². The maximum atomic E-state index is 12.7. The van der Waals surface area contributed by atoms with Gasteiger partial charge in [-0.1, -0.05) is 29.8 Å². The van der Waals surface area contributed by atoms with Gasteiger partial charge in [0.15, 0.2) is 0 Å². The van der Waals surface area contributed by atoms with Gasteiger partial charge in [-0.3, -0.25) is 14.4 Å². The molecule has 0 aliphatic carbocycles. The molecule has 5 N–H and O–H groups in total. The average molecular weight is 463 g/mol. The van der Waals surface area contributed by atoms with E-state index < -0.39 is 11.5 Å². The molecule has 0 aliphatic heterocycles. The van der Waals surface area contributed by atoms with Gasteiger partial charge in [0.05, 0.1) is 10.7 Å². The molecule has 10 heteroatoms. The highest BCUT2D eigenvalue weighted by Gasteiger charge is 2.16. The van der Waals surface area contributed by atoms with Crippen molar-refractivity contribution < 1.29 is 9.59 Å². The van der Waals surface area contributed by atoms with Crippen molar-refractivity contribution in [1.82, 2.24) is 20.3 Å². The van der Waals surface area contributed by atoms with E-state index in [1.807, 2.05) is 18.2 Å². The van der Waals surface area contributed by atoms with Crippen molar-refractivity contribution in [2.24, 2.45) is 0 Å². The predicted molar refractivity (Wildman–Crippen MR) is 126 cm³/mol. The largest absolute Gasteiger partial charge is 0.399 e. The van der Waals surface area contributed by atoms with Gasteiger partial charge in [0, 0.05) is 29.4 Å². The summed E-state index contributed by atoms with van der Waals surface area (Å²) in [5.41, 5.74) is 7.60. The minimum atomic E-state index is -0.680. The Bertz CT molecular complexity index is 1420. The van der Waals surface area contributed by atoms with Crippen molar-refractivity contribution in [3.63, 3.8) is 0 Å². The summed E-state index contributed by atoms with van der Waals surface area (Å²) >= 11 is 6.20. The highest BCUT2D eigenvalue weighted by molar-refractivity contribution is 6.34.